The molecule has 2 aromatic carbocycles. The average Bonchev–Trinajstić information content (AvgIpc) is 2.78. The van der Waals surface area contributed by atoms with E-state index >= 15 is 0 Å². The molecule has 4 rings (SSSR count). The van der Waals surface area contributed by atoms with E-state index in [0.717, 1.165) is 33.4 Å². The minimum absolute atomic E-state index is 0.912. The Hall–Kier alpha value is -4.14. The molecule has 0 aliphatic heterocycles. The predicted molar refractivity (Wildman–Crippen MR) is 112 cm³/mol. The van der Waals surface area contributed by atoms with Crippen LogP contribution in [0.3, 0.4) is 0 Å². The van der Waals surface area contributed by atoms with Gasteiger partial charge in [-0.2, -0.15) is 0 Å². The van der Waals surface area contributed by atoms with Crippen LogP contribution < -0.4 is 0 Å². The molecule has 0 radical (unpaired) electrons. The van der Waals surface area contributed by atoms with Gasteiger partial charge in [0.25, 0.3) is 0 Å². The number of rotatable bonds is 1. The third kappa shape index (κ3) is 4.52. The first-order valence-corrected chi connectivity index (χ1v) is 8.91. The topological polar surface area (TPSA) is 25.8 Å². The van der Waals surface area contributed by atoms with Crippen LogP contribution in [-0.2, 0) is 0 Å². The summed E-state index contributed by atoms with van der Waals surface area (Å²) >= 11 is 0. The quantitative estimate of drug-likeness (QED) is 0.451. The van der Waals surface area contributed by atoms with Gasteiger partial charge in [-0.1, -0.05) is 47.9 Å². The summed E-state index contributed by atoms with van der Waals surface area (Å²) in [6, 6.07) is 24.2. The fourth-order valence-corrected chi connectivity index (χ4v) is 2.65. The minimum Gasteiger partial charge on any atom is -0.263 e. The van der Waals surface area contributed by atoms with Gasteiger partial charge < -0.3 is 0 Å². The molecule has 28 heavy (non-hydrogen) atoms. The highest BCUT2D eigenvalue weighted by atomic mass is 14.6. The lowest BCUT2D eigenvalue weighted by molar-refractivity contribution is 1.31. The molecule has 0 fully saturated rings. The molecule has 130 valence electrons. The molecule has 0 amide bonds. The lowest BCUT2D eigenvalue weighted by atomic mass is 10.0. The molecule has 0 saturated carbocycles. The van der Waals surface area contributed by atoms with E-state index in [-0.39, 0.29) is 0 Å². The highest BCUT2D eigenvalue weighted by Crippen LogP contribution is 2.20. The molecule has 0 saturated heterocycles. The van der Waals surface area contributed by atoms with E-state index in [2.05, 4.69) is 57.9 Å². The van der Waals surface area contributed by atoms with Gasteiger partial charge in [0.2, 0.25) is 0 Å². The molecule has 2 nitrogen and oxygen atoms in total. The number of hydrogen-bond donors (Lipinski definition) is 0. The largest absolute Gasteiger partial charge is 0.263 e. The van der Waals surface area contributed by atoms with Crippen molar-refractivity contribution >= 4 is 0 Å². The van der Waals surface area contributed by atoms with Crippen LogP contribution in [0.1, 0.15) is 22.3 Å². The number of benzene rings is 2. The summed E-state index contributed by atoms with van der Waals surface area (Å²) < 4.78 is 0. The molecule has 0 atom stereocenters. The van der Waals surface area contributed by atoms with E-state index in [1.54, 1.807) is 24.8 Å². The van der Waals surface area contributed by atoms with Gasteiger partial charge >= 0.3 is 0 Å². The number of nitrogens with zero attached hydrogens (tertiary/aromatic N) is 2. The second kappa shape index (κ2) is 8.49. The van der Waals surface area contributed by atoms with Crippen molar-refractivity contribution in [1.82, 2.24) is 9.97 Å². The molecular formula is C26H16N2. The molecule has 0 unspecified atom stereocenters. The van der Waals surface area contributed by atoms with Gasteiger partial charge in [-0.15, -0.1) is 0 Å². The standard InChI is InChI=1S/C26H16N2/c1-3-23(19-27-17-1)7-5-21-9-13-25(14-10-21)26-15-11-22(12-16-26)6-8-24-4-2-18-28-20-24/h1-4,9-20H. The summed E-state index contributed by atoms with van der Waals surface area (Å²) in [4.78, 5) is 8.15. The van der Waals surface area contributed by atoms with Gasteiger partial charge in [-0.25, -0.2) is 0 Å². The Labute approximate surface area is 165 Å². The van der Waals surface area contributed by atoms with E-state index in [9.17, 15) is 0 Å². The van der Waals surface area contributed by atoms with Crippen LogP contribution in [0.15, 0.2) is 97.6 Å². The SMILES string of the molecule is C(#Cc1cccnc1)c1ccc(-c2ccc(C#Cc3cccnc3)cc2)cc1. The first kappa shape index (κ1) is 17.3. The molecule has 0 N–H and O–H groups in total. The van der Waals surface area contributed by atoms with Crippen molar-refractivity contribution in [2.75, 3.05) is 0 Å². The Balaban J connectivity index is 1.48. The molecule has 0 spiro atoms. The molecule has 0 bridgehead atoms. The van der Waals surface area contributed by atoms with E-state index in [1.165, 1.54) is 0 Å². The predicted octanol–water partition coefficient (Wildman–Crippen LogP) is 4.94. The molecule has 4 aromatic rings. The first-order chi connectivity index (χ1) is 13.9. The van der Waals surface area contributed by atoms with Crippen molar-refractivity contribution in [2.24, 2.45) is 0 Å². The number of hydrogen-bond acceptors (Lipinski definition) is 2. The Morgan fingerprint density at radius 2 is 0.821 bits per heavy atom. The molecule has 0 aliphatic carbocycles. The summed E-state index contributed by atoms with van der Waals surface area (Å²) in [5.74, 6) is 12.6. The van der Waals surface area contributed by atoms with Crippen LogP contribution in [0.25, 0.3) is 11.1 Å². The van der Waals surface area contributed by atoms with Crippen LogP contribution in [0.2, 0.25) is 0 Å². The van der Waals surface area contributed by atoms with Gasteiger partial charge in [0, 0.05) is 47.0 Å². The summed E-state index contributed by atoms with van der Waals surface area (Å²) in [6.45, 7) is 0. The Morgan fingerprint density at radius 1 is 0.429 bits per heavy atom. The lowest BCUT2D eigenvalue weighted by Crippen LogP contribution is -1.82. The van der Waals surface area contributed by atoms with E-state index in [1.807, 2.05) is 48.5 Å². The van der Waals surface area contributed by atoms with Crippen molar-refractivity contribution in [2.45, 2.75) is 0 Å². The summed E-state index contributed by atoms with van der Waals surface area (Å²) in [7, 11) is 0. The third-order valence-electron chi connectivity index (χ3n) is 4.13. The van der Waals surface area contributed by atoms with Crippen molar-refractivity contribution in [3.05, 3.63) is 120 Å². The van der Waals surface area contributed by atoms with E-state index < -0.39 is 0 Å². The van der Waals surface area contributed by atoms with Gasteiger partial charge in [0.15, 0.2) is 0 Å². The van der Waals surface area contributed by atoms with Crippen LogP contribution in [-0.4, -0.2) is 9.97 Å². The van der Waals surface area contributed by atoms with Crippen molar-refractivity contribution in [1.29, 1.82) is 0 Å². The van der Waals surface area contributed by atoms with Gasteiger partial charge in [-0.3, -0.25) is 9.97 Å². The molecule has 2 heterocycles. The van der Waals surface area contributed by atoms with E-state index in [4.69, 9.17) is 0 Å². The normalized spacial score (nSPS) is 9.57. The van der Waals surface area contributed by atoms with Gasteiger partial charge in [0.1, 0.15) is 0 Å². The summed E-state index contributed by atoms with van der Waals surface area (Å²) in [5.41, 5.74) is 6.08. The minimum atomic E-state index is 0.912. The smallest absolute Gasteiger partial charge is 0.0432 e. The van der Waals surface area contributed by atoms with Gasteiger partial charge in [-0.05, 0) is 59.7 Å². The molecule has 2 heteroatoms. The fourth-order valence-electron chi connectivity index (χ4n) is 2.65. The zero-order valence-electron chi connectivity index (χ0n) is 15.1. The Morgan fingerprint density at radius 3 is 1.18 bits per heavy atom. The van der Waals surface area contributed by atoms with E-state index in [0.29, 0.717) is 0 Å². The number of pyridine rings is 2. The second-order valence-corrected chi connectivity index (χ2v) is 6.14. The van der Waals surface area contributed by atoms with Crippen LogP contribution in [0, 0.1) is 23.7 Å². The van der Waals surface area contributed by atoms with Gasteiger partial charge in [0.05, 0.1) is 0 Å². The molecular weight excluding hydrogens is 340 g/mol. The second-order valence-electron chi connectivity index (χ2n) is 6.14. The lowest BCUT2D eigenvalue weighted by Gasteiger charge is -2.02. The zero-order valence-corrected chi connectivity index (χ0v) is 15.1. The van der Waals surface area contributed by atoms with Crippen molar-refractivity contribution in [3.8, 4) is 34.8 Å². The molecule has 2 aromatic heterocycles. The Kier molecular flexibility index (Phi) is 5.24. The van der Waals surface area contributed by atoms with Crippen LogP contribution >= 0.6 is 0 Å². The zero-order chi connectivity index (χ0) is 19.0. The highest BCUT2D eigenvalue weighted by Gasteiger charge is 1.98. The fraction of sp³-hybridized carbons (Fsp3) is 0. The highest BCUT2D eigenvalue weighted by molar-refractivity contribution is 5.65. The maximum atomic E-state index is 4.07. The average molecular weight is 356 g/mol. The maximum Gasteiger partial charge on any atom is 0.0432 e. The summed E-state index contributed by atoms with van der Waals surface area (Å²) in [5, 5.41) is 0. The number of aromatic nitrogens is 2. The third-order valence-corrected chi connectivity index (χ3v) is 4.13. The van der Waals surface area contributed by atoms with Crippen LogP contribution in [0.5, 0.6) is 0 Å². The monoisotopic (exact) mass is 356 g/mol. The van der Waals surface area contributed by atoms with Crippen LogP contribution in [0.4, 0.5) is 0 Å². The van der Waals surface area contributed by atoms with Crippen molar-refractivity contribution < 1.29 is 0 Å². The maximum absolute atomic E-state index is 4.07. The van der Waals surface area contributed by atoms with Crippen molar-refractivity contribution in [3.63, 3.8) is 0 Å². The molecule has 0 aliphatic rings. The summed E-state index contributed by atoms with van der Waals surface area (Å²) in [6.07, 6.45) is 7.02. The Bertz CT molecular complexity index is 1070. The first-order valence-electron chi connectivity index (χ1n) is 8.91.